The summed E-state index contributed by atoms with van der Waals surface area (Å²) >= 11 is 0. The molecule has 0 saturated carbocycles. The summed E-state index contributed by atoms with van der Waals surface area (Å²) in [4.78, 5) is 2.38. The van der Waals surface area contributed by atoms with Gasteiger partial charge in [0, 0.05) is 23.9 Å². The lowest BCUT2D eigenvalue weighted by atomic mass is 9.99. The van der Waals surface area contributed by atoms with Crippen molar-refractivity contribution < 1.29 is 0 Å². The number of nitrogens with one attached hydrogen (secondary N) is 1. The van der Waals surface area contributed by atoms with Crippen LogP contribution in [0.3, 0.4) is 0 Å². The Hall–Kier alpha value is -1.68. The van der Waals surface area contributed by atoms with Gasteiger partial charge in [0.25, 0.3) is 0 Å². The van der Waals surface area contributed by atoms with E-state index in [0.29, 0.717) is 5.92 Å². The summed E-state index contributed by atoms with van der Waals surface area (Å²) < 4.78 is 0. The first-order chi connectivity index (χ1) is 10.3. The summed E-state index contributed by atoms with van der Waals surface area (Å²) in [6.07, 6.45) is 2.59. The Morgan fingerprint density at radius 3 is 2.76 bits per heavy atom. The van der Waals surface area contributed by atoms with E-state index in [2.05, 4.69) is 51.6 Å². The van der Waals surface area contributed by atoms with Crippen LogP contribution in [0.15, 0.2) is 24.3 Å². The Balaban J connectivity index is 1.91. The molecule has 0 spiro atoms. The SMILES string of the molecule is CCN(CC1CCCNC1)c1nnc(C)c2ccccc12. The van der Waals surface area contributed by atoms with Crippen LogP contribution in [0.1, 0.15) is 25.5 Å². The molecule has 2 aromatic rings. The zero-order valence-electron chi connectivity index (χ0n) is 13.0. The Bertz CT molecular complexity index is 605. The molecular weight excluding hydrogens is 260 g/mol. The highest BCUT2D eigenvalue weighted by Crippen LogP contribution is 2.26. The topological polar surface area (TPSA) is 41.0 Å². The molecule has 1 N–H and O–H groups in total. The van der Waals surface area contributed by atoms with Crippen molar-refractivity contribution in [1.29, 1.82) is 0 Å². The minimum Gasteiger partial charge on any atom is -0.355 e. The van der Waals surface area contributed by atoms with Crippen molar-refractivity contribution in [3.05, 3.63) is 30.0 Å². The van der Waals surface area contributed by atoms with Crippen molar-refractivity contribution in [3.63, 3.8) is 0 Å². The molecule has 1 saturated heterocycles. The molecule has 0 aliphatic carbocycles. The van der Waals surface area contributed by atoms with Crippen molar-refractivity contribution in [2.45, 2.75) is 26.7 Å². The van der Waals surface area contributed by atoms with Gasteiger partial charge in [0.05, 0.1) is 5.69 Å². The van der Waals surface area contributed by atoms with E-state index < -0.39 is 0 Å². The number of rotatable bonds is 4. The van der Waals surface area contributed by atoms with Crippen LogP contribution in [0.2, 0.25) is 0 Å². The monoisotopic (exact) mass is 284 g/mol. The zero-order valence-corrected chi connectivity index (χ0v) is 13.0. The molecule has 1 atom stereocenters. The highest BCUT2D eigenvalue weighted by molar-refractivity contribution is 5.93. The molecule has 1 aliphatic heterocycles. The van der Waals surface area contributed by atoms with Gasteiger partial charge in [0.15, 0.2) is 5.82 Å². The molecule has 1 aromatic heterocycles. The molecule has 3 rings (SSSR count). The van der Waals surface area contributed by atoms with Crippen LogP contribution in [0.4, 0.5) is 5.82 Å². The number of hydrogen-bond donors (Lipinski definition) is 1. The summed E-state index contributed by atoms with van der Waals surface area (Å²) in [5.74, 6) is 1.74. The molecule has 1 unspecified atom stereocenters. The number of fused-ring (bicyclic) bond motifs is 1. The van der Waals surface area contributed by atoms with E-state index in [1.165, 1.54) is 23.6 Å². The molecule has 4 heteroatoms. The third-order valence-electron chi connectivity index (χ3n) is 4.41. The highest BCUT2D eigenvalue weighted by atomic mass is 15.3. The van der Waals surface area contributed by atoms with Crippen LogP contribution in [0, 0.1) is 12.8 Å². The van der Waals surface area contributed by atoms with Gasteiger partial charge in [0.1, 0.15) is 0 Å². The molecule has 21 heavy (non-hydrogen) atoms. The maximum atomic E-state index is 4.50. The van der Waals surface area contributed by atoms with E-state index in [9.17, 15) is 0 Å². The van der Waals surface area contributed by atoms with Crippen LogP contribution >= 0.6 is 0 Å². The van der Waals surface area contributed by atoms with E-state index in [1.807, 2.05) is 6.92 Å². The third kappa shape index (κ3) is 3.00. The van der Waals surface area contributed by atoms with Crippen LogP contribution in [-0.4, -0.2) is 36.4 Å². The minimum atomic E-state index is 0.709. The quantitative estimate of drug-likeness (QED) is 0.937. The second-order valence-electron chi connectivity index (χ2n) is 5.91. The van der Waals surface area contributed by atoms with Crippen LogP contribution in [0.25, 0.3) is 10.8 Å². The fourth-order valence-electron chi connectivity index (χ4n) is 3.21. The van der Waals surface area contributed by atoms with Gasteiger partial charge < -0.3 is 10.2 Å². The summed E-state index contributed by atoms with van der Waals surface area (Å²) in [5, 5.41) is 14.8. The fourth-order valence-corrected chi connectivity index (χ4v) is 3.21. The second-order valence-corrected chi connectivity index (χ2v) is 5.91. The van der Waals surface area contributed by atoms with E-state index in [-0.39, 0.29) is 0 Å². The third-order valence-corrected chi connectivity index (χ3v) is 4.41. The van der Waals surface area contributed by atoms with E-state index in [4.69, 9.17) is 0 Å². The summed E-state index contributed by atoms with van der Waals surface area (Å²) in [6.45, 7) is 8.54. The highest BCUT2D eigenvalue weighted by Gasteiger charge is 2.19. The van der Waals surface area contributed by atoms with E-state index in [1.54, 1.807) is 0 Å². The van der Waals surface area contributed by atoms with Crippen molar-refractivity contribution in [2.75, 3.05) is 31.1 Å². The Kier molecular flexibility index (Phi) is 4.34. The Labute approximate surface area is 126 Å². The molecule has 0 radical (unpaired) electrons. The number of benzene rings is 1. The van der Waals surface area contributed by atoms with Crippen LogP contribution in [0.5, 0.6) is 0 Å². The molecule has 2 heterocycles. The van der Waals surface area contributed by atoms with E-state index in [0.717, 1.165) is 37.7 Å². The number of hydrogen-bond acceptors (Lipinski definition) is 4. The molecule has 0 amide bonds. The van der Waals surface area contributed by atoms with Crippen LogP contribution < -0.4 is 10.2 Å². The van der Waals surface area contributed by atoms with Gasteiger partial charge in [-0.3, -0.25) is 0 Å². The smallest absolute Gasteiger partial charge is 0.159 e. The van der Waals surface area contributed by atoms with Crippen LogP contribution in [-0.2, 0) is 0 Å². The fraction of sp³-hybridized carbons (Fsp3) is 0.529. The molecule has 0 bridgehead atoms. The first kappa shape index (κ1) is 14.3. The first-order valence-corrected chi connectivity index (χ1v) is 7.97. The standard InChI is InChI=1S/C17H24N4/c1-3-21(12-14-7-6-10-18-11-14)17-16-9-5-4-8-15(16)13(2)19-20-17/h4-5,8-9,14,18H,3,6-7,10-12H2,1-2H3. The maximum Gasteiger partial charge on any atom is 0.159 e. The average Bonchev–Trinajstić information content (AvgIpc) is 2.55. The molecule has 1 aromatic carbocycles. The number of nitrogens with zero attached hydrogens (tertiary/aromatic N) is 3. The average molecular weight is 284 g/mol. The first-order valence-electron chi connectivity index (χ1n) is 7.97. The van der Waals surface area contributed by atoms with Gasteiger partial charge in [0.2, 0.25) is 0 Å². The van der Waals surface area contributed by atoms with Gasteiger partial charge >= 0.3 is 0 Å². The van der Waals surface area contributed by atoms with Crippen molar-refractivity contribution in [2.24, 2.45) is 5.92 Å². The number of aromatic nitrogens is 2. The minimum absolute atomic E-state index is 0.709. The number of anilines is 1. The van der Waals surface area contributed by atoms with Gasteiger partial charge in [-0.1, -0.05) is 24.3 Å². The second kappa shape index (κ2) is 6.39. The lowest BCUT2D eigenvalue weighted by molar-refractivity contribution is 0.377. The predicted octanol–water partition coefficient (Wildman–Crippen LogP) is 2.76. The normalized spacial score (nSPS) is 18.9. The predicted molar refractivity (Wildman–Crippen MR) is 87.8 cm³/mol. The van der Waals surface area contributed by atoms with Crippen molar-refractivity contribution >= 4 is 16.6 Å². The summed E-state index contributed by atoms with van der Waals surface area (Å²) in [6, 6.07) is 8.46. The van der Waals surface area contributed by atoms with Crippen molar-refractivity contribution in [3.8, 4) is 0 Å². The molecule has 1 fully saturated rings. The largest absolute Gasteiger partial charge is 0.355 e. The Morgan fingerprint density at radius 2 is 2.05 bits per heavy atom. The maximum absolute atomic E-state index is 4.50. The molecule has 1 aliphatic rings. The summed E-state index contributed by atoms with van der Waals surface area (Å²) in [5.41, 5.74) is 1.00. The lowest BCUT2D eigenvalue weighted by Crippen LogP contribution is -2.38. The number of aryl methyl sites for hydroxylation is 1. The molecule has 112 valence electrons. The van der Waals surface area contributed by atoms with E-state index >= 15 is 0 Å². The Morgan fingerprint density at radius 1 is 1.24 bits per heavy atom. The van der Waals surface area contributed by atoms with Gasteiger partial charge in [-0.2, -0.15) is 5.10 Å². The zero-order chi connectivity index (χ0) is 14.7. The molecule has 4 nitrogen and oxygen atoms in total. The van der Waals surface area contributed by atoms with Gasteiger partial charge in [-0.25, -0.2) is 0 Å². The lowest BCUT2D eigenvalue weighted by Gasteiger charge is -2.30. The molecular formula is C17H24N4. The van der Waals surface area contributed by atoms with Gasteiger partial charge in [-0.05, 0) is 45.7 Å². The number of piperidine rings is 1. The van der Waals surface area contributed by atoms with Gasteiger partial charge in [-0.15, -0.1) is 5.10 Å². The summed E-state index contributed by atoms with van der Waals surface area (Å²) in [7, 11) is 0. The van der Waals surface area contributed by atoms with Crippen molar-refractivity contribution in [1.82, 2.24) is 15.5 Å².